The standard InChI is InChI=1S/C17H17F3N4O2/c18-17(19,20)12-1-3-13(4-2-12)22-16(26)24-9-7-23(8-10-24)15-6-5-14(25)11-21-15/h1-6,11,25H,7-10H2,(H,22,26). The van der Waals surface area contributed by atoms with Crippen LogP contribution < -0.4 is 10.2 Å². The van der Waals surface area contributed by atoms with E-state index in [-0.39, 0.29) is 11.8 Å². The van der Waals surface area contributed by atoms with Gasteiger partial charge < -0.3 is 20.2 Å². The number of carbonyl (C=O) groups excluding carboxylic acids is 1. The van der Waals surface area contributed by atoms with Gasteiger partial charge in [0.1, 0.15) is 11.6 Å². The second kappa shape index (κ2) is 7.11. The number of anilines is 2. The third kappa shape index (κ3) is 4.16. The molecule has 1 aliphatic rings. The van der Waals surface area contributed by atoms with Gasteiger partial charge in [0.25, 0.3) is 0 Å². The molecule has 9 heteroatoms. The predicted molar refractivity (Wildman–Crippen MR) is 90.2 cm³/mol. The van der Waals surface area contributed by atoms with Gasteiger partial charge in [0, 0.05) is 31.9 Å². The zero-order valence-electron chi connectivity index (χ0n) is 13.7. The predicted octanol–water partition coefficient (Wildman–Crippen LogP) is 3.16. The number of nitrogens with one attached hydrogen (secondary N) is 1. The molecule has 1 aromatic carbocycles. The largest absolute Gasteiger partial charge is 0.506 e. The molecular formula is C17H17F3N4O2. The molecule has 0 aliphatic carbocycles. The summed E-state index contributed by atoms with van der Waals surface area (Å²) in [4.78, 5) is 20.0. The van der Waals surface area contributed by atoms with Gasteiger partial charge in [-0.05, 0) is 36.4 Å². The molecule has 1 aromatic heterocycles. The van der Waals surface area contributed by atoms with Gasteiger partial charge in [-0.1, -0.05) is 0 Å². The van der Waals surface area contributed by atoms with Crippen molar-refractivity contribution in [2.45, 2.75) is 6.18 Å². The summed E-state index contributed by atoms with van der Waals surface area (Å²) in [7, 11) is 0. The van der Waals surface area contributed by atoms with E-state index in [4.69, 9.17) is 0 Å². The Morgan fingerprint density at radius 3 is 2.23 bits per heavy atom. The summed E-state index contributed by atoms with van der Waals surface area (Å²) in [6.45, 7) is 2.04. The van der Waals surface area contributed by atoms with Crippen molar-refractivity contribution in [1.29, 1.82) is 0 Å². The van der Waals surface area contributed by atoms with E-state index in [1.807, 2.05) is 4.90 Å². The lowest BCUT2D eigenvalue weighted by molar-refractivity contribution is -0.137. The molecule has 138 valence electrons. The number of urea groups is 1. The Labute approximate surface area is 147 Å². The fourth-order valence-electron chi connectivity index (χ4n) is 2.65. The van der Waals surface area contributed by atoms with Crippen molar-refractivity contribution in [3.8, 4) is 5.75 Å². The van der Waals surface area contributed by atoms with Crippen molar-refractivity contribution in [3.05, 3.63) is 48.2 Å². The van der Waals surface area contributed by atoms with Gasteiger partial charge in [-0.15, -0.1) is 0 Å². The quantitative estimate of drug-likeness (QED) is 0.857. The smallest absolute Gasteiger partial charge is 0.416 e. The normalized spacial score (nSPS) is 15.0. The Kier molecular flexibility index (Phi) is 4.88. The third-order valence-electron chi connectivity index (χ3n) is 4.09. The first-order valence-corrected chi connectivity index (χ1v) is 7.96. The molecule has 2 heterocycles. The van der Waals surface area contributed by atoms with E-state index in [1.54, 1.807) is 17.0 Å². The monoisotopic (exact) mass is 366 g/mol. The van der Waals surface area contributed by atoms with Crippen molar-refractivity contribution >= 4 is 17.5 Å². The number of halogens is 3. The number of benzene rings is 1. The number of pyridine rings is 1. The van der Waals surface area contributed by atoms with Crippen LogP contribution >= 0.6 is 0 Å². The Balaban J connectivity index is 1.54. The fraction of sp³-hybridized carbons (Fsp3) is 0.294. The van der Waals surface area contributed by atoms with E-state index in [2.05, 4.69) is 10.3 Å². The molecule has 0 atom stereocenters. The average Bonchev–Trinajstić information content (AvgIpc) is 2.62. The maximum absolute atomic E-state index is 12.6. The van der Waals surface area contributed by atoms with Crippen molar-refractivity contribution < 1.29 is 23.1 Å². The number of piperazine rings is 1. The van der Waals surface area contributed by atoms with E-state index < -0.39 is 11.7 Å². The summed E-state index contributed by atoms with van der Waals surface area (Å²) in [5.74, 6) is 0.800. The van der Waals surface area contributed by atoms with Crippen LogP contribution in [0.1, 0.15) is 5.56 Å². The second-order valence-electron chi connectivity index (χ2n) is 5.85. The number of amides is 2. The number of hydrogen-bond acceptors (Lipinski definition) is 4. The van der Waals surface area contributed by atoms with Crippen molar-refractivity contribution in [1.82, 2.24) is 9.88 Å². The number of hydrogen-bond donors (Lipinski definition) is 2. The lowest BCUT2D eigenvalue weighted by atomic mass is 10.2. The lowest BCUT2D eigenvalue weighted by Gasteiger charge is -2.35. The zero-order chi connectivity index (χ0) is 18.7. The summed E-state index contributed by atoms with van der Waals surface area (Å²) in [6.07, 6.45) is -3.04. The summed E-state index contributed by atoms with van der Waals surface area (Å²) in [5, 5.41) is 11.9. The summed E-state index contributed by atoms with van der Waals surface area (Å²) in [6, 6.07) is 7.23. The SMILES string of the molecule is O=C(Nc1ccc(C(F)(F)F)cc1)N1CCN(c2ccc(O)cn2)CC1. The number of rotatable bonds is 2. The minimum Gasteiger partial charge on any atom is -0.506 e. The molecule has 1 aliphatic heterocycles. The topological polar surface area (TPSA) is 68.7 Å². The molecule has 0 unspecified atom stereocenters. The highest BCUT2D eigenvalue weighted by molar-refractivity contribution is 5.89. The maximum atomic E-state index is 12.6. The molecule has 26 heavy (non-hydrogen) atoms. The van der Waals surface area contributed by atoms with Crippen LogP contribution in [0.15, 0.2) is 42.6 Å². The zero-order valence-corrected chi connectivity index (χ0v) is 13.7. The minimum atomic E-state index is -4.40. The van der Waals surface area contributed by atoms with Crippen LogP contribution in [0.2, 0.25) is 0 Å². The van der Waals surface area contributed by atoms with E-state index in [9.17, 15) is 23.1 Å². The summed E-state index contributed by atoms with van der Waals surface area (Å²) < 4.78 is 37.7. The molecule has 3 rings (SSSR count). The van der Waals surface area contributed by atoms with Crippen LogP contribution in [-0.2, 0) is 6.18 Å². The first-order chi connectivity index (χ1) is 12.3. The molecule has 0 spiro atoms. The molecule has 0 saturated carbocycles. The van der Waals surface area contributed by atoms with Crippen LogP contribution in [0, 0.1) is 0 Å². The summed E-state index contributed by atoms with van der Waals surface area (Å²) in [5.41, 5.74) is -0.448. The Morgan fingerprint density at radius 2 is 1.69 bits per heavy atom. The van der Waals surface area contributed by atoms with Crippen LogP contribution in [0.4, 0.5) is 29.5 Å². The molecule has 0 bridgehead atoms. The van der Waals surface area contributed by atoms with Gasteiger partial charge in [-0.2, -0.15) is 13.2 Å². The second-order valence-corrected chi connectivity index (χ2v) is 5.85. The maximum Gasteiger partial charge on any atom is 0.416 e. The highest BCUT2D eigenvalue weighted by Gasteiger charge is 2.30. The Bertz CT molecular complexity index is 755. The molecule has 1 fully saturated rings. The molecule has 0 radical (unpaired) electrons. The first kappa shape index (κ1) is 17.8. The number of aromatic hydroxyl groups is 1. The minimum absolute atomic E-state index is 0.0864. The van der Waals surface area contributed by atoms with Gasteiger partial charge in [0.15, 0.2) is 0 Å². The van der Waals surface area contributed by atoms with E-state index >= 15 is 0 Å². The molecular weight excluding hydrogens is 349 g/mol. The van der Waals surface area contributed by atoms with Gasteiger partial charge in [-0.25, -0.2) is 9.78 Å². The van der Waals surface area contributed by atoms with Crippen LogP contribution in [0.25, 0.3) is 0 Å². The van der Waals surface area contributed by atoms with Crippen LogP contribution in [0.5, 0.6) is 5.75 Å². The van der Waals surface area contributed by atoms with Gasteiger partial charge >= 0.3 is 12.2 Å². The van der Waals surface area contributed by atoms with Crippen molar-refractivity contribution in [3.63, 3.8) is 0 Å². The van der Waals surface area contributed by atoms with Gasteiger partial charge in [-0.3, -0.25) is 0 Å². The van der Waals surface area contributed by atoms with Gasteiger partial charge in [0.2, 0.25) is 0 Å². The number of nitrogens with zero attached hydrogens (tertiary/aromatic N) is 3. The molecule has 2 N–H and O–H groups in total. The molecule has 2 amide bonds. The number of carbonyl (C=O) groups is 1. The van der Waals surface area contributed by atoms with Crippen molar-refractivity contribution in [2.24, 2.45) is 0 Å². The highest BCUT2D eigenvalue weighted by atomic mass is 19.4. The van der Waals surface area contributed by atoms with Gasteiger partial charge in [0.05, 0.1) is 11.8 Å². The molecule has 6 nitrogen and oxygen atoms in total. The van der Waals surface area contributed by atoms with Crippen molar-refractivity contribution in [2.75, 3.05) is 36.4 Å². The van der Waals surface area contributed by atoms with E-state index in [1.165, 1.54) is 18.3 Å². The lowest BCUT2D eigenvalue weighted by Crippen LogP contribution is -2.50. The van der Waals surface area contributed by atoms with Crippen LogP contribution in [0.3, 0.4) is 0 Å². The fourth-order valence-corrected chi connectivity index (χ4v) is 2.65. The number of aromatic nitrogens is 1. The van der Waals surface area contributed by atoms with Crippen LogP contribution in [-0.4, -0.2) is 47.2 Å². The summed E-state index contributed by atoms with van der Waals surface area (Å²) >= 11 is 0. The number of alkyl halides is 3. The molecule has 2 aromatic rings. The Hall–Kier alpha value is -2.97. The first-order valence-electron chi connectivity index (χ1n) is 7.96. The third-order valence-corrected chi connectivity index (χ3v) is 4.09. The molecule has 1 saturated heterocycles. The highest BCUT2D eigenvalue weighted by Crippen LogP contribution is 2.29. The van der Waals surface area contributed by atoms with E-state index in [0.717, 1.165) is 12.1 Å². The average molecular weight is 366 g/mol. The van der Waals surface area contributed by atoms with E-state index in [0.29, 0.717) is 37.7 Å². The Morgan fingerprint density at radius 1 is 1.04 bits per heavy atom.